The van der Waals surface area contributed by atoms with E-state index < -0.39 is 5.97 Å². The molecule has 0 radical (unpaired) electrons. The maximum absolute atomic E-state index is 10.9. The third-order valence-corrected chi connectivity index (χ3v) is 3.55. The summed E-state index contributed by atoms with van der Waals surface area (Å²) in [5.41, 5.74) is 1.44. The predicted molar refractivity (Wildman–Crippen MR) is 83.7 cm³/mol. The highest BCUT2D eigenvalue weighted by molar-refractivity contribution is 6.35. The molecule has 0 fully saturated rings. The van der Waals surface area contributed by atoms with Crippen LogP contribution in [0.2, 0.25) is 10.0 Å². The standard InChI is InChI=1S/C15H13Cl2NO3/c16-10-2-1-9(13(17)7-10)5-6-18-11-3-4-14(19)12(8-11)15(20)21/h1-4,7-8,18-19H,5-6H2,(H,20,21). The Labute approximate surface area is 131 Å². The average molecular weight is 326 g/mol. The zero-order valence-electron chi connectivity index (χ0n) is 10.9. The van der Waals surface area contributed by atoms with E-state index in [2.05, 4.69) is 5.32 Å². The fourth-order valence-electron chi connectivity index (χ4n) is 1.88. The first-order valence-electron chi connectivity index (χ1n) is 6.21. The SMILES string of the molecule is O=C(O)c1cc(NCCc2ccc(Cl)cc2Cl)ccc1O. The van der Waals surface area contributed by atoms with E-state index in [1.54, 1.807) is 18.2 Å². The molecule has 2 aromatic rings. The van der Waals surface area contributed by atoms with Crippen molar-refractivity contribution in [3.63, 3.8) is 0 Å². The van der Waals surface area contributed by atoms with Crippen molar-refractivity contribution in [1.82, 2.24) is 0 Å². The largest absolute Gasteiger partial charge is 0.507 e. The van der Waals surface area contributed by atoms with Crippen molar-refractivity contribution in [2.24, 2.45) is 0 Å². The number of anilines is 1. The van der Waals surface area contributed by atoms with Crippen LogP contribution in [-0.2, 0) is 6.42 Å². The molecule has 0 atom stereocenters. The van der Waals surface area contributed by atoms with Gasteiger partial charge in [-0.25, -0.2) is 4.79 Å². The Bertz CT molecular complexity index is 674. The lowest BCUT2D eigenvalue weighted by Crippen LogP contribution is -2.06. The Morgan fingerprint density at radius 2 is 1.90 bits per heavy atom. The summed E-state index contributed by atoms with van der Waals surface area (Å²) in [5.74, 6) is -1.43. The van der Waals surface area contributed by atoms with Crippen LogP contribution in [0.5, 0.6) is 5.75 Å². The van der Waals surface area contributed by atoms with E-state index in [-0.39, 0.29) is 11.3 Å². The first kappa shape index (κ1) is 15.5. The predicted octanol–water partition coefficient (Wildman–Crippen LogP) is 4.05. The molecule has 0 aliphatic rings. The van der Waals surface area contributed by atoms with E-state index in [0.29, 0.717) is 28.7 Å². The van der Waals surface area contributed by atoms with Gasteiger partial charge in [0.25, 0.3) is 0 Å². The van der Waals surface area contributed by atoms with Crippen molar-refractivity contribution >= 4 is 34.9 Å². The lowest BCUT2D eigenvalue weighted by atomic mass is 10.1. The number of carboxylic acids is 1. The fourth-order valence-corrected chi connectivity index (χ4v) is 2.39. The summed E-state index contributed by atoms with van der Waals surface area (Å²) in [6.45, 7) is 0.575. The highest BCUT2D eigenvalue weighted by Gasteiger charge is 2.10. The molecule has 21 heavy (non-hydrogen) atoms. The monoisotopic (exact) mass is 325 g/mol. The fraction of sp³-hybridized carbons (Fsp3) is 0.133. The van der Waals surface area contributed by atoms with Crippen molar-refractivity contribution in [3.05, 3.63) is 57.6 Å². The van der Waals surface area contributed by atoms with Gasteiger partial charge >= 0.3 is 5.97 Å². The molecule has 0 saturated carbocycles. The minimum atomic E-state index is -1.17. The molecule has 3 N–H and O–H groups in total. The Hall–Kier alpha value is -1.91. The molecule has 0 unspecified atom stereocenters. The van der Waals surface area contributed by atoms with Gasteiger partial charge in [0.1, 0.15) is 11.3 Å². The Kier molecular flexibility index (Phi) is 4.94. The van der Waals surface area contributed by atoms with E-state index in [1.165, 1.54) is 12.1 Å². The summed E-state index contributed by atoms with van der Waals surface area (Å²) in [6.07, 6.45) is 0.666. The second kappa shape index (κ2) is 6.70. The van der Waals surface area contributed by atoms with Crippen LogP contribution >= 0.6 is 23.2 Å². The molecule has 4 nitrogen and oxygen atoms in total. The molecule has 0 heterocycles. The Balaban J connectivity index is 2.00. The van der Waals surface area contributed by atoms with Crippen molar-refractivity contribution in [3.8, 4) is 5.75 Å². The summed E-state index contributed by atoms with van der Waals surface area (Å²) in [4.78, 5) is 10.9. The maximum atomic E-state index is 10.9. The van der Waals surface area contributed by atoms with Crippen molar-refractivity contribution in [1.29, 1.82) is 0 Å². The minimum absolute atomic E-state index is 0.135. The van der Waals surface area contributed by atoms with Crippen molar-refractivity contribution in [2.75, 3.05) is 11.9 Å². The summed E-state index contributed by atoms with van der Waals surface area (Å²) in [6, 6.07) is 9.66. The van der Waals surface area contributed by atoms with E-state index >= 15 is 0 Å². The van der Waals surface area contributed by atoms with Crippen LogP contribution in [0, 0.1) is 0 Å². The Morgan fingerprint density at radius 3 is 2.57 bits per heavy atom. The summed E-state index contributed by atoms with van der Waals surface area (Å²) < 4.78 is 0. The van der Waals surface area contributed by atoms with E-state index in [9.17, 15) is 9.90 Å². The third kappa shape index (κ3) is 4.03. The zero-order valence-corrected chi connectivity index (χ0v) is 12.4. The second-order valence-electron chi connectivity index (χ2n) is 4.45. The van der Waals surface area contributed by atoms with E-state index in [4.69, 9.17) is 28.3 Å². The molecule has 110 valence electrons. The highest BCUT2D eigenvalue weighted by Crippen LogP contribution is 2.23. The topological polar surface area (TPSA) is 69.6 Å². The third-order valence-electron chi connectivity index (χ3n) is 2.97. The molecule has 0 aliphatic heterocycles. The molecule has 2 rings (SSSR count). The zero-order chi connectivity index (χ0) is 15.4. The number of aromatic hydroxyl groups is 1. The summed E-state index contributed by atoms with van der Waals surface area (Å²) in [5, 5.41) is 22.6. The second-order valence-corrected chi connectivity index (χ2v) is 5.29. The van der Waals surface area contributed by atoms with Crippen LogP contribution < -0.4 is 5.32 Å². The Morgan fingerprint density at radius 1 is 1.14 bits per heavy atom. The molecule has 2 aromatic carbocycles. The number of rotatable bonds is 5. The first-order chi connectivity index (χ1) is 9.97. The summed E-state index contributed by atoms with van der Waals surface area (Å²) in [7, 11) is 0. The number of benzene rings is 2. The number of halogens is 2. The van der Waals surface area contributed by atoms with Crippen LogP contribution in [0.1, 0.15) is 15.9 Å². The molecule has 6 heteroatoms. The van der Waals surface area contributed by atoms with Crippen LogP contribution in [-0.4, -0.2) is 22.7 Å². The maximum Gasteiger partial charge on any atom is 0.339 e. The molecule has 0 bridgehead atoms. The van der Waals surface area contributed by atoms with Gasteiger partial charge in [0.15, 0.2) is 0 Å². The number of carbonyl (C=O) groups is 1. The van der Waals surface area contributed by atoms with Gasteiger partial charge in [-0.3, -0.25) is 0 Å². The van der Waals surface area contributed by atoms with Gasteiger partial charge in [0.05, 0.1) is 0 Å². The van der Waals surface area contributed by atoms with Gasteiger partial charge in [-0.2, -0.15) is 0 Å². The van der Waals surface area contributed by atoms with Crippen molar-refractivity contribution in [2.45, 2.75) is 6.42 Å². The lowest BCUT2D eigenvalue weighted by molar-refractivity contribution is 0.0694. The normalized spacial score (nSPS) is 10.4. The van der Waals surface area contributed by atoms with Crippen molar-refractivity contribution < 1.29 is 15.0 Å². The number of phenols is 1. The highest BCUT2D eigenvalue weighted by atomic mass is 35.5. The number of hydrogen-bond donors (Lipinski definition) is 3. The van der Waals surface area contributed by atoms with Gasteiger partial charge < -0.3 is 15.5 Å². The number of nitrogens with one attached hydrogen (secondary N) is 1. The molecule has 0 amide bonds. The molecular weight excluding hydrogens is 313 g/mol. The van der Waals surface area contributed by atoms with Crippen LogP contribution in [0.3, 0.4) is 0 Å². The smallest absolute Gasteiger partial charge is 0.339 e. The lowest BCUT2D eigenvalue weighted by Gasteiger charge is -2.09. The molecule has 0 aromatic heterocycles. The summed E-state index contributed by atoms with van der Waals surface area (Å²) >= 11 is 11.9. The average Bonchev–Trinajstić information content (AvgIpc) is 2.42. The van der Waals surface area contributed by atoms with Crippen LogP contribution in [0.25, 0.3) is 0 Å². The molecular formula is C15H13Cl2NO3. The van der Waals surface area contributed by atoms with Gasteiger partial charge in [0, 0.05) is 22.3 Å². The van der Waals surface area contributed by atoms with Gasteiger partial charge in [0.2, 0.25) is 0 Å². The van der Waals surface area contributed by atoms with Gasteiger partial charge in [-0.15, -0.1) is 0 Å². The van der Waals surface area contributed by atoms with Crippen LogP contribution in [0.4, 0.5) is 5.69 Å². The van der Waals surface area contributed by atoms with Crippen LogP contribution in [0.15, 0.2) is 36.4 Å². The quantitative estimate of drug-likeness (QED) is 0.725. The number of carboxylic acid groups (broad SMARTS) is 1. The van der Waals surface area contributed by atoms with Gasteiger partial charge in [-0.05, 0) is 42.3 Å². The molecule has 0 aliphatic carbocycles. The number of hydrogen-bond acceptors (Lipinski definition) is 3. The minimum Gasteiger partial charge on any atom is -0.507 e. The van der Waals surface area contributed by atoms with E-state index in [0.717, 1.165) is 5.56 Å². The first-order valence-corrected chi connectivity index (χ1v) is 6.97. The molecule has 0 spiro atoms. The molecule has 0 saturated heterocycles. The van der Waals surface area contributed by atoms with E-state index in [1.807, 2.05) is 6.07 Å². The number of aromatic carboxylic acids is 1. The van der Waals surface area contributed by atoms with Gasteiger partial charge in [-0.1, -0.05) is 29.3 Å².